The summed E-state index contributed by atoms with van der Waals surface area (Å²) in [6.45, 7) is 4.11. The number of rotatable bonds is 7. The highest BCUT2D eigenvalue weighted by molar-refractivity contribution is 5.78. The molecule has 2 aliphatic rings. The maximum Gasteiger partial charge on any atom is 0.227 e. The van der Waals surface area contributed by atoms with Crippen LogP contribution < -0.4 is 9.47 Å². The molecule has 0 aromatic heterocycles. The maximum absolute atomic E-state index is 13.5. The Bertz CT molecular complexity index is 883. The van der Waals surface area contributed by atoms with Gasteiger partial charge in [-0.2, -0.15) is 0 Å². The van der Waals surface area contributed by atoms with Crippen molar-refractivity contribution in [3.8, 4) is 11.5 Å². The zero-order valence-corrected chi connectivity index (χ0v) is 17.5. The predicted molar refractivity (Wildman–Crippen MR) is 113 cm³/mol. The van der Waals surface area contributed by atoms with Crippen LogP contribution in [0.25, 0.3) is 0 Å². The van der Waals surface area contributed by atoms with Gasteiger partial charge in [0, 0.05) is 19.6 Å². The Balaban J connectivity index is 1.49. The highest BCUT2D eigenvalue weighted by Crippen LogP contribution is 2.31. The molecule has 0 aliphatic carbocycles. The molecule has 4 rings (SSSR count). The molecule has 5 nitrogen and oxygen atoms in total. The van der Waals surface area contributed by atoms with Gasteiger partial charge in [0.25, 0.3) is 0 Å². The first kappa shape index (κ1) is 20.7. The number of fused-ring (bicyclic) bond motifs is 1. The molecule has 0 saturated carbocycles. The second-order valence-electron chi connectivity index (χ2n) is 8.16. The van der Waals surface area contributed by atoms with Gasteiger partial charge in [0.1, 0.15) is 19.0 Å². The van der Waals surface area contributed by atoms with Crippen LogP contribution in [0.2, 0.25) is 0 Å². The van der Waals surface area contributed by atoms with Gasteiger partial charge >= 0.3 is 0 Å². The summed E-state index contributed by atoms with van der Waals surface area (Å²) in [5, 5.41) is 0. The summed E-state index contributed by atoms with van der Waals surface area (Å²) in [5.74, 6) is 1.24. The summed E-state index contributed by atoms with van der Waals surface area (Å²) >= 11 is 0. The van der Waals surface area contributed by atoms with E-state index in [4.69, 9.17) is 9.47 Å². The Labute approximate surface area is 177 Å². The number of likely N-dealkylation sites (tertiary alicyclic amines) is 1. The number of carbonyl (C=O) groups excluding carboxylic acids is 1. The molecule has 1 fully saturated rings. The van der Waals surface area contributed by atoms with E-state index in [0.29, 0.717) is 18.8 Å². The average molecular weight is 413 g/mol. The van der Waals surface area contributed by atoms with Gasteiger partial charge in [-0.25, -0.2) is 4.39 Å². The Morgan fingerprint density at radius 3 is 2.60 bits per heavy atom. The van der Waals surface area contributed by atoms with Gasteiger partial charge in [-0.05, 0) is 67.7 Å². The first-order valence-corrected chi connectivity index (χ1v) is 10.7. The van der Waals surface area contributed by atoms with E-state index in [2.05, 4.69) is 11.0 Å². The van der Waals surface area contributed by atoms with Gasteiger partial charge in [-0.1, -0.05) is 18.2 Å². The Morgan fingerprint density at radius 2 is 1.83 bits per heavy atom. The van der Waals surface area contributed by atoms with E-state index in [0.717, 1.165) is 43.1 Å². The minimum Gasteiger partial charge on any atom is -0.486 e. The number of benzene rings is 2. The summed E-state index contributed by atoms with van der Waals surface area (Å²) in [4.78, 5) is 17.3. The minimum atomic E-state index is -0.312. The normalized spacial score (nSPS) is 17.0. The lowest BCUT2D eigenvalue weighted by atomic mass is 10.0. The van der Waals surface area contributed by atoms with E-state index in [1.807, 2.05) is 24.1 Å². The quantitative estimate of drug-likeness (QED) is 0.700. The topological polar surface area (TPSA) is 42.0 Å². The summed E-state index contributed by atoms with van der Waals surface area (Å²) in [6.07, 6.45) is 3.35. The van der Waals surface area contributed by atoms with Crippen molar-refractivity contribution in [1.82, 2.24) is 9.80 Å². The van der Waals surface area contributed by atoms with Crippen molar-refractivity contribution in [3.63, 3.8) is 0 Å². The molecule has 0 unspecified atom stereocenters. The second-order valence-corrected chi connectivity index (χ2v) is 8.16. The van der Waals surface area contributed by atoms with Gasteiger partial charge < -0.3 is 19.3 Å². The molecule has 30 heavy (non-hydrogen) atoms. The lowest BCUT2D eigenvalue weighted by molar-refractivity contribution is -0.131. The van der Waals surface area contributed by atoms with Gasteiger partial charge in [-0.3, -0.25) is 4.79 Å². The largest absolute Gasteiger partial charge is 0.486 e. The Kier molecular flexibility index (Phi) is 6.53. The van der Waals surface area contributed by atoms with Crippen LogP contribution >= 0.6 is 0 Å². The van der Waals surface area contributed by atoms with Gasteiger partial charge in [0.05, 0.1) is 6.42 Å². The second kappa shape index (κ2) is 9.47. The Morgan fingerprint density at radius 1 is 1.07 bits per heavy atom. The molecule has 160 valence electrons. The maximum atomic E-state index is 13.5. The number of likely N-dealkylation sites (N-methyl/N-ethyl adjacent to an activating group) is 1. The van der Waals surface area contributed by atoms with Crippen LogP contribution in [-0.4, -0.2) is 61.6 Å². The third-order valence-electron chi connectivity index (χ3n) is 5.93. The van der Waals surface area contributed by atoms with Gasteiger partial charge in [0.2, 0.25) is 5.91 Å². The lowest BCUT2D eigenvalue weighted by Crippen LogP contribution is -2.46. The number of amides is 1. The van der Waals surface area contributed by atoms with Crippen LogP contribution in [0.3, 0.4) is 0 Å². The molecular weight excluding hydrogens is 383 g/mol. The monoisotopic (exact) mass is 412 g/mol. The van der Waals surface area contributed by atoms with Crippen molar-refractivity contribution < 1.29 is 18.7 Å². The van der Waals surface area contributed by atoms with Crippen LogP contribution in [0.5, 0.6) is 11.5 Å². The predicted octanol–water partition coefficient (Wildman–Crippen LogP) is 3.30. The number of halogens is 1. The van der Waals surface area contributed by atoms with Crippen LogP contribution in [-0.2, 0) is 17.6 Å². The zero-order chi connectivity index (χ0) is 20.9. The fourth-order valence-electron chi connectivity index (χ4n) is 4.22. The van der Waals surface area contributed by atoms with Crippen LogP contribution in [0.1, 0.15) is 24.0 Å². The molecule has 2 aromatic rings. The average Bonchev–Trinajstić information content (AvgIpc) is 3.26. The first-order valence-electron chi connectivity index (χ1n) is 10.7. The smallest absolute Gasteiger partial charge is 0.227 e. The third-order valence-corrected chi connectivity index (χ3v) is 5.93. The van der Waals surface area contributed by atoms with Crippen molar-refractivity contribution in [3.05, 3.63) is 59.4 Å². The van der Waals surface area contributed by atoms with Crippen molar-refractivity contribution in [2.45, 2.75) is 31.7 Å². The van der Waals surface area contributed by atoms with E-state index in [1.165, 1.54) is 25.0 Å². The van der Waals surface area contributed by atoms with Crippen molar-refractivity contribution >= 4 is 5.91 Å². The fraction of sp³-hybridized carbons (Fsp3) is 0.458. The Hall–Kier alpha value is -2.60. The summed E-state index contributed by atoms with van der Waals surface area (Å²) in [5.41, 5.74) is 1.82. The van der Waals surface area contributed by atoms with Crippen LogP contribution in [0.4, 0.5) is 4.39 Å². The number of carbonyl (C=O) groups is 1. The molecule has 0 radical (unpaired) electrons. The van der Waals surface area contributed by atoms with Crippen molar-refractivity contribution in [2.24, 2.45) is 0 Å². The fourth-order valence-corrected chi connectivity index (χ4v) is 4.22. The molecule has 6 heteroatoms. The van der Waals surface area contributed by atoms with E-state index in [-0.39, 0.29) is 24.2 Å². The van der Waals surface area contributed by atoms with Gasteiger partial charge in [0.15, 0.2) is 11.5 Å². The summed E-state index contributed by atoms with van der Waals surface area (Å²) in [6, 6.07) is 12.3. The van der Waals surface area contributed by atoms with Crippen molar-refractivity contribution in [2.75, 3.05) is 39.9 Å². The SMILES string of the molecule is CN(C(=O)Cc1cccc(F)c1)[C@@H](Cc1ccc2c(c1)OCCO2)CN1CCCC1. The van der Waals surface area contributed by atoms with Crippen LogP contribution in [0.15, 0.2) is 42.5 Å². The molecule has 2 aromatic carbocycles. The van der Waals surface area contributed by atoms with E-state index in [9.17, 15) is 9.18 Å². The van der Waals surface area contributed by atoms with Crippen LogP contribution in [0, 0.1) is 5.82 Å². The number of hydrogen-bond acceptors (Lipinski definition) is 4. The van der Waals surface area contributed by atoms with Crippen molar-refractivity contribution in [1.29, 1.82) is 0 Å². The first-order chi connectivity index (χ1) is 14.6. The molecule has 0 bridgehead atoms. The summed E-state index contributed by atoms with van der Waals surface area (Å²) < 4.78 is 24.9. The lowest BCUT2D eigenvalue weighted by Gasteiger charge is -2.32. The number of nitrogens with zero attached hydrogens (tertiary/aromatic N) is 2. The molecule has 1 saturated heterocycles. The molecule has 2 heterocycles. The molecular formula is C24H29FN2O3. The highest BCUT2D eigenvalue weighted by Gasteiger charge is 2.25. The molecule has 1 atom stereocenters. The van der Waals surface area contributed by atoms with E-state index >= 15 is 0 Å². The zero-order valence-electron chi connectivity index (χ0n) is 17.5. The highest BCUT2D eigenvalue weighted by atomic mass is 19.1. The molecule has 0 spiro atoms. The number of hydrogen-bond donors (Lipinski definition) is 0. The number of ether oxygens (including phenoxy) is 2. The molecule has 2 aliphatic heterocycles. The van der Waals surface area contributed by atoms with E-state index in [1.54, 1.807) is 12.1 Å². The standard InChI is InChI=1S/C24H29FN2O3/c1-26(24(28)16-18-5-4-6-20(25)13-18)21(17-27-9-2-3-10-27)14-19-7-8-22-23(15-19)30-12-11-29-22/h4-8,13,15,21H,2-3,9-12,14,16-17H2,1H3/t21-/m0/s1. The molecule has 1 amide bonds. The summed E-state index contributed by atoms with van der Waals surface area (Å²) in [7, 11) is 1.86. The van der Waals surface area contributed by atoms with Gasteiger partial charge in [-0.15, -0.1) is 0 Å². The van der Waals surface area contributed by atoms with E-state index < -0.39 is 0 Å². The molecule has 0 N–H and O–H groups in total. The third kappa shape index (κ3) is 5.11. The minimum absolute atomic E-state index is 0.00217.